The minimum absolute atomic E-state index is 0.0355. The van der Waals surface area contributed by atoms with Crippen LogP contribution in [0.4, 0.5) is 4.79 Å². The molecular weight excluding hydrogens is 616 g/mol. The highest BCUT2D eigenvalue weighted by atomic mass is 16.6. The monoisotopic (exact) mass is 660 g/mol. The quantitative estimate of drug-likeness (QED) is 0.167. The fourth-order valence-corrected chi connectivity index (χ4v) is 6.18. The highest BCUT2D eigenvalue weighted by Crippen LogP contribution is 2.46. The molecule has 256 valence electrons. The molecule has 5 atom stereocenters. The number of carbonyl (C=O) groups excluding carboxylic acids is 3. The molecule has 1 aliphatic carbocycles. The molecule has 3 amide bonds. The molecule has 1 aliphatic heterocycles. The Hall–Kier alpha value is -4.87. The highest BCUT2D eigenvalue weighted by molar-refractivity contribution is 5.96. The van der Waals surface area contributed by atoms with E-state index < -0.39 is 58.6 Å². The van der Waals surface area contributed by atoms with Crippen LogP contribution in [-0.2, 0) is 24.0 Å². The summed E-state index contributed by atoms with van der Waals surface area (Å²) in [6.45, 7) is 14.2. The number of hydrogen-bond donors (Lipinski definition) is 3. The molecule has 3 aromatic rings. The van der Waals surface area contributed by atoms with Crippen molar-refractivity contribution >= 4 is 45.8 Å². The summed E-state index contributed by atoms with van der Waals surface area (Å²) < 4.78 is 11.5. The molecule has 0 radical (unpaired) electrons. The number of likely N-dealkylation sites (tertiary alicyclic amines) is 1. The number of carboxylic acid groups (broad SMARTS) is 1. The molecule has 2 aromatic carbocycles. The van der Waals surface area contributed by atoms with Gasteiger partial charge in [-0.15, -0.1) is 6.58 Å². The van der Waals surface area contributed by atoms with Crippen LogP contribution in [-0.4, -0.2) is 69.8 Å². The van der Waals surface area contributed by atoms with Gasteiger partial charge in [-0.25, -0.2) is 9.59 Å². The third kappa shape index (κ3) is 7.17. The fourth-order valence-electron chi connectivity index (χ4n) is 6.18. The van der Waals surface area contributed by atoms with Crippen LogP contribution in [0.15, 0.2) is 70.8 Å². The van der Waals surface area contributed by atoms with E-state index in [0.29, 0.717) is 22.9 Å². The predicted octanol–water partition coefficient (Wildman–Crippen LogP) is 4.86. The van der Waals surface area contributed by atoms with Crippen LogP contribution in [0.3, 0.4) is 0 Å². The predicted molar refractivity (Wildman–Crippen MR) is 178 cm³/mol. The van der Waals surface area contributed by atoms with Gasteiger partial charge in [-0.05, 0) is 69.2 Å². The van der Waals surface area contributed by atoms with E-state index in [2.05, 4.69) is 22.4 Å². The maximum atomic E-state index is 14.3. The molecule has 12 heteroatoms. The molecule has 2 fully saturated rings. The van der Waals surface area contributed by atoms with E-state index in [1.165, 1.54) is 4.90 Å². The molecule has 12 nitrogen and oxygen atoms in total. The standard InChI is InChI=1S/C36H44N4O8/c1-8-13-21-19-36(21,32(43)44)38-30(41)25-18-22(20-40(25)31(42)29(34(2,3)4)37-33(45)47-35(5,6)7)48-39-28-23-14-9-11-16-26(23)46-27-17-12-10-15-24(27)28/h8-12,14-17,21-22,25,29H,1,13,18-20H2,2-7H3,(H,37,45)(H,38,41)(H,43,44)/t21-,22-,25+,29-,36-/m1/s1. The van der Waals surface area contributed by atoms with Crippen molar-refractivity contribution in [3.05, 3.63) is 66.5 Å². The minimum Gasteiger partial charge on any atom is -0.479 e. The third-order valence-electron chi connectivity index (χ3n) is 8.70. The number of para-hydroxylation sites is 2. The number of carboxylic acids is 1. The number of hydrogen-bond acceptors (Lipinski definition) is 8. The van der Waals surface area contributed by atoms with Gasteiger partial charge in [-0.1, -0.05) is 56.3 Å². The molecule has 48 heavy (non-hydrogen) atoms. The summed E-state index contributed by atoms with van der Waals surface area (Å²) in [4.78, 5) is 60.8. The van der Waals surface area contributed by atoms with Crippen molar-refractivity contribution in [2.75, 3.05) is 6.54 Å². The Bertz CT molecular complexity index is 1760. The summed E-state index contributed by atoms with van der Waals surface area (Å²) in [5.74, 6) is -2.61. The summed E-state index contributed by atoms with van der Waals surface area (Å²) in [5, 5.41) is 22.0. The summed E-state index contributed by atoms with van der Waals surface area (Å²) in [6, 6.07) is 12.7. The Morgan fingerprint density at radius 3 is 2.21 bits per heavy atom. The average molecular weight is 661 g/mol. The first-order chi connectivity index (χ1) is 22.5. The Kier molecular flexibility index (Phi) is 9.31. The molecule has 2 heterocycles. The number of alkyl carbamates (subject to hydrolysis) is 1. The van der Waals surface area contributed by atoms with Crippen LogP contribution in [0, 0.1) is 11.3 Å². The lowest BCUT2D eigenvalue weighted by Crippen LogP contribution is -2.59. The first kappa shape index (κ1) is 34.5. The molecule has 2 aliphatic rings. The van der Waals surface area contributed by atoms with Gasteiger partial charge < -0.3 is 34.6 Å². The molecule has 1 saturated carbocycles. The Balaban J connectivity index is 1.48. The molecular formula is C36H44N4O8. The number of nitrogens with one attached hydrogen (secondary N) is 2. The van der Waals surface area contributed by atoms with Crippen LogP contribution >= 0.6 is 0 Å². The number of benzene rings is 2. The molecule has 0 unspecified atom stereocenters. The van der Waals surface area contributed by atoms with Gasteiger partial charge in [-0.2, -0.15) is 0 Å². The minimum atomic E-state index is -1.45. The first-order valence-corrected chi connectivity index (χ1v) is 16.1. The Morgan fingerprint density at radius 2 is 1.67 bits per heavy atom. The van der Waals surface area contributed by atoms with E-state index in [9.17, 15) is 24.3 Å². The van der Waals surface area contributed by atoms with E-state index in [-0.39, 0.29) is 25.3 Å². The van der Waals surface area contributed by atoms with Crippen molar-refractivity contribution in [3.8, 4) is 0 Å². The summed E-state index contributed by atoms with van der Waals surface area (Å²) >= 11 is 0. The van der Waals surface area contributed by atoms with Crippen molar-refractivity contribution in [2.45, 2.75) is 90.1 Å². The van der Waals surface area contributed by atoms with Crippen molar-refractivity contribution in [1.29, 1.82) is 0 Å². The lowest BCUT2D eigenvalue weighted by atomic mass is 9.85. The number of nitrogens with zero attached hydrogens (tertiary/aromatic N) is 2. The second kappa shape index (κ2) is 13.0. The second-order valence-corrected chi connectivity index (χ2v) is 14.6. The largest absolute Gasteiger partial charge is 0.479 e. The van der Waals surface area contributed by atoms with Crippen LogP contribution < -0.4 is 16.0 Å². The van der Waals surface area contributed by atoms with E-state index in [0.717, 1.165) is 10.8 Å². The number of fused-ring (bicyclic) bond motifs is 2. The third-order valence-corrected chi connectivity index (χ3v) is 8.70. The fraction of sp³-hybridized carbons (Fsp3) is 0.472. The first-order valence-electron chi connectivity index (χ1n) is 16.1. The number of rotatable bonds is 9. The molecule has 0 spiro atoms. The van der Waals surface area contributed by atoms with Gasteiger partial charge >= 0.3 is 12.1 Å². The zero-order valence-corrected chi connectivity index (χ0v) is 28.2. The van der Waals surface area contributed by atoms with Crippen LogP contribution in [0.5, 0.6) is 0 Å². The molecule has 0 bridgehead atoms. The number of ether oxygens (including phenoxy) is 1. The second-order valence-electron chi connectivity index (χ2n) is 14.6. The lowest BCUT2D eigenvalue weighted by Gasteiger charge is -2.35. The molecule has 1 saturated heterocycles. The highest BCUT2D eigenvalue weighted by Gasteiger charge is 2.62. The van der Waals surface area contributed by atoms with Crippen LogP contribution in [0.1, 0.15) is 60.8 Å². The summed E-state index contributed by atoms with van der Waals surface area (Å²) in [7, 11) is 0. The molecule has 3 N–H and O–H groups in total. The summed E-state index contributed by atoms with van der Waals surface area (Å²) in [6.07, 6.45) is 0.826. The zero-order valence-electron chi connectivity index (χ0n) is 28.2. The van der Waals surface area contributed by atoms with Gasteiger partial charge in [0, 0.05) is 17.2 Å². The Morgan fingerprint density at radius 1 is 1.06 bits per heavy atom. The van der Waals surface area contributed by atoms with E-state index in [1.807, 2.05) is 48.5 Å². The van der Waals surface area contributed by atoms with Crippen molar-refractivity contribution < 1.29 is 38.3 Å². The van der Waals surface area contributed by atoms with Crippen molar-refractivity contribution in [1.82, 2.24) is 15.5 Å². The summed E-state index contributed by atoms with van der Waals surface area (Å²) in [5.41, 5.74) is -1.82. The number of allylic oxidation sites excluding steroid dienone is 1. The SMILES string of the molecule is C=CC[C@@H]1C[C@]1(NC(=O)[C@@H]1C[C@@H](ON=c2c3ccccc3oc3ccccc23)CN1C(=O)[C@@H](NC(=O)OC(C)(C)C)C(C)(C)C)C(=O)O. The number of amides is 3. The van der Waals surface area contributed by atoms with Gasteiger partial charge in [0.15, 0.2) is 0 Å². The van der Waals surface area contributed by atoms with Crippen molar-refractivity contribution in [2.24, 2.45) is 16.5 Å². The topological polar surface area (TPSA) is 160 Å². The number of aliphatic carboxylic acids is 1. The van der Waals surface area contributed by atoms with Gasteiger partial charge in [0.2, 0.25) is 11.8 Å². The molecule has 1 aromatic heterocycles. The van der Waals surface area contributed by atoms with Gasteiger partial charge in [0.1, 0.15) is 45.9 Å². The van der Waals surface area contributed by atoms with E-state index in [1.54, 1.807) is 47.6 Å². The normalized spacial score (nSPS) is 22.9. The maximum Gasteiger partial charge on any atom is 0.408 e. The van der Waals surface area contributed by atoms with E-state index >= 15 is 0 Å². The van der Waals surface area contributed by atoms with E-state index in [4.69, 9.17) is 14.0 Å². The van der Waals surface area contributed by atoms with Crippen molar-refractivity contribution in [3.63, 3.8) is 0 Å². The van der Waals surface area contributed by atoms with Gasteiger partial charge in [-0.3, -0.25) is 9.59 Å². The lowest BCUT2D eigenvalue weighted by molar-refractivity contribution is -0.146. The average Bonchev–Trinajstić information content (AvgIpc) is 3.52. The van der Waals surface area contributed by atoms with Gasteiger partial charge in [0.05, 0.1) is 6.54 Å². The smallest absolute Gasteiger partial charge is 0.408 e. The molecule has 5 rings (SSSR count). The Labute approximate surface area is 279 Å². The van der Waals surface area contributed by atoms with Crippen LogP contribution in [0.25, 0.3) is 21.9 Å². The number of carbonyl (C=O) groups is 4. The van der Waals surface area contributed by atoms with Gasteiger partial charge in [0.25, 0.3) is 0 Å². The van der Waals surface area contributed by atoms with Crippen LogP contribution in [0.2, 0.25) is 0 Å². The zero-order chi connectivity index (χ0) is 35.0. The maximum absolute atomic E-state index is 14.3.